The molecule has 1 aliphatic heterocycles. The number of aliphatic hydroxyl groups is 1. The molecule has 0 bridgehead atoms. The van der Waals surface area contributed by atoms with Crippen LogP contribution in [-0.4, -0.2) is 28.8 Å². The second-order valence-corrected chi connectivity index (χ2v) is 7.48. The van der Waals surface area contributed by atoms with Crippen molar-refractivity contribution in [3.05, 3.63) is 48.0 Å². The van der Waals surface area contributed by atoms with Crippen molar-refractivity contribution in [1.29, 1.82) is 0 Å². The summed E-state index contributed by atoms with van der Waals surface area (Å²) in [6, 6.07) is 6.72. The average molecular weight is 306 g/mol. The summed E-state index contributed by atoms with van der Waals surface area (Å²) in [4.78, 5) is 4.53. The van der Waals surface area contributed by atoms with Crippen molar-refractivity contribution in [2.24, 2.45) is 0 Å². The van der Waals surface area contributed by atoms with E-state index in [4.69, 9.17) is 0 Å². The number of nitrogens with zero attached hydrogens (tertiary/aromatic N) is 2. The van der Waals surface area contributed by atoms with Crippen LogP contribution in [0.4, 0.5) is 0 Å². The van der Waals surface area contributed by atoms with E-state index in [2.05, 4.69) is 4.98 Å². The molecule has 6 heteroatoms. The molecule has 5 nitrogen and oxygen atoms in total. The largest absolute Gasteiger partial charge is 0.385 e. The number of aryl methyl sites for hydroxylation is 1. The molecule has 2 aromatic rings. The van der Waals surface area contributed by atoms with Crippen molar-refractivity contribution in [3.8, 4) is 0 Å². The lowest BCUT2D eigenvalue weighted by Crippen LogP contribution is -2.38. The van der Waals surface area contributed by atoms with Gasteiger partial charge in [-0.25, -0.2) is 13.4 Å². The zero-order valence-electron chi connectivity index (χ0n) is 11.9. The topological polar surface area (TPSA) is 72.2 Å². The molecule has 1 N–H and O–H groups in total. The van der Waals surface area contributed by atoms with Gasteiger partial charge in [0.15, 0.2) is 9.84 Å². The Labute approximate surface area is 124 Å². The summed E-state index contributed by atoms with van der Waals surface area (Å²) in [5.74, 6) is 0.738. The number of imidazole rings is 1. The van der Waals surface area contributed by atoms with Crippen LogP contribution in [0.3, 0.4) is 0 Å². The van der Waals surface area contributed by atoms with E-state index >= 15 is 0 Å². The third kappa shape index (κ3) is 2.38. The summed E-state index contributed by atoms with van der Waals surface area (Å²) in [5, 5.41) is 11.0. The smallest absolute Gasteiger partial charge is 0.178 e. The third-order valence-electron chi connectivity index (χ3n) is 4.10. The summed E-state index contributed by atoms with van der Waals surface area (Å²) < 4.78 is 26.3. The first kappa shape index (κ1) is 14.3. The van der Waals surface area contributed by atoms with Crippen LogP contribution >= 0.6 is 0 Å². The molecule has 2 heterocycles. The number of hydrogen-bond donors (Lipinski definition) is 1. The predicted molar refractivity (Wildman–Crippen MR) is 78.6 cm³/mol. The van der Waals surface area contributed by atoms with Gasteiger partial charge in [-0.1, -0.05) is 18.2 Å². The Bertz CT molecular complexity index is 767. The van der Waals surface area contributed by atoms with Crippen LogP contribution in [0, 0.1) is 0 Å². The monoisotopic (exact) mass is 306 g/mol. The fourth-order valence-electron chi connectivity index (χ4n) is 2.91. The highest BCUT2D eigenvalue weighted by molar-refractivity contribution is 7.91. The highest BCUT2D eigenvalue weighted by atomic mass is 32.2. The van der Waals surface area contributed by atoms with E-state index in [0.717, 1.165) is 12.4 Å². The fraction of sp³-hybridized carbons (Fsp3) is 0.400. The number of hydrogen-bond acceptors (Lipinski definition) is 4. The third-order valence-corrected chi connectivity index (χ3v) is 5.87. The second kappa shape index (κ2) is 4.96. The first-order valence-corrected chi connectivity index (χ1v) is 8.66. The fourth-order valence-corrected chi connectivity index (χ4v) is 4.62. The Balaban J connectivity index is 2.06. The molecule has 1 atom stereocenters. The highest BCUT2D eigenvalue weighted by Crippen LogP contribution is 2.38. The van der Waals surface area contributed by atoms with Gasteiger partial charge in [-0.3, -0.25) is 0 Å². The molecule has 3 rings (SSSR count). The number of rotatable bonds is 3. The molecule has 1 aromatic carbocycles. The molecule has 0 aliphatic carbocycles. The van der Waals surface area contributed by atoms with Crippen molar-refractivity contribution in [3.63, 3.8) is 0 Å². The van der Waals surface area contributed by atoms with Gasteiger partial charge in [0, 0.05) is 30.9 Å². The van der Waals surface area contributed by atoms with Crippen LogP contribution < -0.4 is 0 Å². The minimum atomic E-state index is -3.29. The maximum absolute atomic E-state index is 12.2. The molecule has 0 saturated carbocycles. The molecule has 1 aliphatic rings. The minimum absolute atomic E-state index is 0.0344. The molecule has 0 fully saturated rings. The van der Waals surface area contributed by atoms with Gasteiger partial charge in [0.2, 0.25) is 0 Å². The van der Waals surface area contributed by atoms with Crippen molar-refractivity contribution < 1.29 is 13.5 Å². The molecule has 0 spiro atoms. The molecule has 1 aromatic heterocycles. The van der Waals surface area contributed by atoms with Gasteiger partial charge >= 0.3 is 0 Å². The quantitative estimate of drug-likeness (QED) is 0.933. The van der Waals surface area contributed by atoms with Gasteiger partial charge in [-0.2, -0.15) is 0 Å². The SMILES string of the molecule is CCn1ccnc1CC1(O)CCS(=O)(=O)c2ccccc21. The lowest BCUT2D eigenvalue weighted by Gasteiger charge is -2.34. The first-order valence-electron chi connectivity index (χ1n) is 7.01. The standard InChI is InChI=1S/C15H18N2O3S/c1-2-17-9-8-16-14(17)11-15(18)7-10-21(19,20)13-6-4-3-5-12(13)15/h3-6,8-9,18H,2,7,10-11H2,1H3. The van der Waals surface area contributed by atoms with Gasteiger partial charge in [0.05, 0.1) is 16.2 Å². The molecular formula is C15H18N2O3S. The molecule has 0 amide bonds. The maximum Gasteiger partial charge on any atom is 0.178 e. The number of benzene rings is 1. The van der Waals surface area contributed by atoms with Crippen LogP contribution in [0.15, 0.2) is 41.6 Å². The zero-order valence-corrected chi connectivity index (χ0v) is 12.7. The molecule has 112 valence electrons. The van der Waals surface area contributed by atoms with Crippen LogP contribution in [0.1, 0.15) is 24.7 Å². The Kier molecular flexibility index (Phi) is 3.37. The van der Waals surface area contributed by atoms with E-state index in [-0.39, 0.29) is 17.1 Å². The van der Waals surface area contributed by atoms with E-state index in [1.54, 1.807) is 30.5 Å². The Morgan fingerprint density at radius 2 is 2.14 bits per heavy atom. The van der Waals surface area contributed by atoms with Crippen molar-refractivity contribution in [1.82, 2.24) is 9.55 Å². The summed E-state index contributed by atoms with van der Waals surface area (Å²) in [6.45, 7) is 2.78. The average Bonchev–Trinajstić information content (AvgIpc) is 2.91. The van der Waals surface area contributed by atoms with E-state index in [1.807, 2.05) is 17.7 Å². The Morgan fingerprint density at radius 3 is 2.90 bits per heavy atom. The summed E-state index contributed by atoms with van der Waals surface area (Å²) in [7, 11) is -3.29. The van der Waals surface area contributed by atoms with E-state index in [1.165, 1.54) is 0 Å². The van der Waals surface area contributed by atoms with Gasteiger partial charge in [-0.15, -0.1) is 0 Å². The van der Waals surface area contributed by atoms with E-state index in [0.29, 0.717) is 12.0 Å². The summed E-state index contributed by atoms with van der Waals surface area (Å²) >= 11 is 0. The van der Waals surface area contributed by atoms with E-state index in [9.17, 15) is 13.5 Å². The number of aromatic nitrogens is 2. The van der Waals surface area contributed by atoms with Crippen molar-refractivity contribution in [2.45, 2.75) is 36.8 Å². The zero-order chi connectivity index (χ0) is 15.1. The highest BCUT2D eigenvalue weighted by Gasteiger charge is 2.41. The summed E-state index contributed by atoms with van der Waals surface area (Å²) in [6.07, 6.45) is 4.08. The summed E-state index contributed by atoms with van der Waals surface area (Å²) in [5.41, 5.74) is -0.692. The lowest BCUT2D eigenvalue weighted by molar-refractivity contribution is 0.0255. The van der Waals surface area contributed by atoms with Gasteiger partial charge in [0.25, 0.3) is 0 Å². The van der Waals surface area contributed by atoms with E-state index < -0.39 is 15.4 Å². The predicted octanol–water partition coefficient (Wildman–Crippen LogP) is 1.51. The minimum Gasteiger partial charge on any atom is -0.385 e. The number of sulfone groups is 1. The second-order valence-electron chi connectivity index (χ2n) is 5.40. The first-order chi connectivity index (χ1) is 9.96. The molecular weight excluding hydrogens is 288 g/mol. The van der Waals surface area contributed by atoms with Crippen LogP contribution in [0.25, 0.3) is 0 Å². The molecule has 1 unspecified atom stereocenters. The lowest BCUT2D eigenvalue weighted by atomic mass is 9.87. The number of fused-ring (bicyclic) bond motifs is 1. The van der Waals surface area contributed by atoms with Gasteiger partial charge in [-0.05, 0) is 19.4 Å². The van der Waals surface area contributed by atoms with Gasteiger partial charge < -0.3 is 9.67 Å². The Hall–Kier alpha value is -1.66. The normalized spacial score (nSPS) is 23.7. The molecule has 0 saturated heterocycles. The Morgan fingerprint density at radius 1 is 1.38 bits per heavy atom. The van der Waals surface area contributed by atoms with Crippen LogP contribution in [-0.2, 0) is 28.4 Å². The molecule has 0 radical (unpaired) electrons. The van der Waals surface area contributed by atoms with Crippen LogP contribution in [0.5, 0.6) is 0 Å². The maximum atomic E-state index is 12.2. The van der Waals surface area contributed by atoms with Crippen molar-refractivity contribution in [2.75, 3.05) is 5.75 Å². The van der Waals surface area contributed by atoms with Crippen molar-refractivity contribution >= 4 is 9.84 Å². The van der Waals surface area contributed by atoms with Gasteiger partial charge in [0.1, 0.15) is 5.82 Å². The molecule has 21 heavy (non-hydrogen) atoms. The van der Waals surface area contributed by atoms with Crippen LogP contribution in [0.2, 0.25) is 0 Å².